The fourth-order valence-corrected chi connectivity index (χ4v) is 1.06. The summed E-state index contributed by atoms with van der Waals surface area (Å²) in [5.41, 5.74) is 0. The van der Waals surface area contributed by atoms with Gasteiger partial charge in [0.15, 0.2) is 0 Å². The highest BCUT2D eigenvalue weighted by molar-refractivity contribution is 4.62. The molecule has 0 saturated heterocycles. The molecule has 0 bridgehead atoms. The van der Waals surface area contributed by atoms with Crippen LogP contribution in [-0.4, -0.2) is 36.0 Å². The van der Waals surface area contributed by atoms with Gasteiger partial charge >= 0.3 is 0 Å². The van der Waals surface area contributed by atoms with Crippen LogP contribution in [0, 0.1) is 0 Å². The second-order valence-corrected chi connectivity index (χ2v) is 3.03. The van der Waals surface area contributed by atoms with Gasteiger partial charge in [0.2, 0.25) is 0 Å². The standard InChI is InChI=1S/C9H21NO2/c1-2-9(8-12)10-6-4-3-5-7-11/h9-12H,2-8H2,1H3/t9-/m0/s1. The van der Waals surface area contributed by atoms with Crippen LogP contribution < -0.4 is 5.32 Å². The van der Waals surface area contributed by atoms with Gasteiger partial charge in [0.1, 0.15) is 0 Å². The van der Waals surface area contributed by atoms with Crippen molar-refractivity contribution in [2.24, 2.45) is 0 Å². The highest BCUT2D eigenvalue weighted by atomic mass is 16.3. The number of aliphatic hydroxyl groups excluding tert-OH is 2. The lowest BCUT2D eigenvalue weighted by Crippen LogP contribution is -2.32. The molecule has 1 atom stereocenters. The molecule has 0 aromatic heterocycles. The molecule has 12 heavy (non-hydrogen) atoms. The minimum Gasteiger partial charge on any atom is -0.396 e. The average molecular weight is 175 g/mol. The molecule has 3 N–H and O–H groups in total. The van der Waals surface area contributed by atoms with Gasteiger partial charge in [0, 0.05) is 12.6 Å². The molecule has 0 spiro atoms. The number of nitrogens with one attached hydrogen (secondary N) is 1. The number of hydrogen-bond acceptors (Lipinski definition) is 3. The first-order valence-corrected chi connectivity index (χ1v) is 4.80. The molecule has 3 heteroatoms. The Morgan fingerprint density at radius 3 is 2.42 bits per heavy atom. The van der Waals surface area contributed by atoms with Gasteiger partial charge in [0.05, 0.1) is 6.61 Å². The number of rotatable bonds is 8. The van der Waals surface area contributed by atoms with E-state index in [1.54, 1.807) is 0 Å². The van der Waals surface area contributed by atoms with Crippen molar-refractivity contribution in [3.8, 4) is 0 Å². The highest BCUT2D eigenvalue weighted by Gasteiger charge is 2.01. The molecular weight excluding hydrogens is 154 g/mol. The predicted octanol–water partition coefficient (Wildman–Crippen LogP) is 0.509. The quantitative estimate of drug-likeness (QED) is 0.471. The molecule has 0 fully saturated rings. The van der Waals surface area contributed by atoms with E-state index in [0.29, 0.717) is 0 Å². The van der Waals surface area contributed by atoms with E-state index in [1.165, 1.54) is 0 Å². The van der Waals surface area contributed by atoms with Crippen LogP contribution in [0.5, 0.6) is 0 Å². The van der Waals surface area contributed by atoms with Gasteiger partial charge in [-0.25, -0.2) is 0 Å². The Morgan fingerprint density at radius 1 is 1.17 bits per heavy atom. The van der Waals surface area contributed by atoms with Crippen LogP contribution in [0.4, 0.5) is 0 Å². The number of aliphatic hydroxyl groups is 2. The monoisotopic (exact) mass is 175 g/mol. The zero-order valence-corrected chi connectivity index (χ0v) is 7.92. The summed E-state index contributed by atoms with van der Waals surface area (Å²) >= 11 is 0. The van der Waals surface area contributed by atoms with Crippen molar-refractivity contribution in [3.63, 3.8) is 0 Å². The fraction of sp³-hybridized carbons (Fsp3) is 1.00. The van der Waals surface area contributed by atoms with Gasteiger partial charge in [-0.2, -0.15) is 0 Å². The van der Waals surface area contributed by atoms with Crippen molar-refractivity contribution in [2.75, 3.05) is 19.8 Å². The minimum atomic E-state index is 0.219. The third kappa shape index (κ3) is 6.58. The van der Waals surface area contributed by atoms with Crippen LogP contribution in [0.15, 0.2) is 0 Å². The van der Waals surface area contributed by atoms with Crippen LogP contribution >= 0.6 is 0 Å². The van der Waals surface area contributed by atoms with E-state index in [2.05, 4.69) is 12.2 Å². The molecule has 0 rings (SSSR count). The molecule has 0 unspecified atom stereocenters. The van der Waals surface area contributed by atoms with Crippen LogP contribution in [0.3, 0.4) is 0 Å². The Kier molecular flexibility index (Phi) is 8.88. The van der Waals surface area contributed by atoms with Gasteiger partial charge in [0.25, 0.3) is 0 Å². The van der Waals surface area contributed by atoms with Gasteiger partial charge < -0.3 is 15.5 Å². The summed E-state index contributed by atoms with van der Waals surface area (Å²) in [4.78, 5) is 0. The first-order chi connectivity index (χ1) is 5.85. The maximum atomic E-state index is 8.83. The fourth-order valence-electron chi connectivity index (χ4n) is 1.06. The van der Waals surface area contributed by atoms with E-state index >= 15 is 0 Å². The van der Waals surface area contributed by atoms with E-state index in [1.807, 2.05) is 0 Å². The SMILES string of the molecule is CC[C@@H](CO)NCCCCCO. The molecule has 0 saturated carbocycles. The van der Waals surface area contributed by atoms with E-state index in [-0.39, 0.29) is 19.3 Å². The Labute approximate surface area is 74.8 Å². The van der Waals surface area contributed by atoms with Crippen molar-refractivity contribution >= 4 is 0 Å². The molecule has 0 aromatic carbocycles. The lowest BCUT2D eigenvalue weighted by molar-refractivity contribution is 0.237. The topological polar surface area (TPSA) is 52.5 Å². The second-order valence-electron chi connectivity index (χ2n) is 3.03. The minimum absolute atomic E-state index is 0.219. The molecule has 3 nitrogen and oxygen atoms in total. The average Bonchev–Trinajstić information content (AvgIpc) is 2.11. The Hall–Kier alpha value is -0.120. The molecule has 0 aliphatic rings. The third-order valence-electron chi connectivity index (χ3n) is 1.98. The molecule has 0 amide bonds. The maximum absolute atomic E-state index is 8.83. The lowest BCUT2D eigenvalue weighted by Gasteiger charge is -2.13. The summed E-state index contributed by atoms with van der Waals surface area (Å²) in [7, 11) is 0. The summed E-state index contributed by atoms with van der Waals surface area (Å²) in [6, 6.07) is 0.249. The number of unbranched alkanes of at least 4 members (excludes halogenated alkanes) is 2. The smallest absolute Gasteiger partial charge is 0.0584 e. The van der Waals surface area contributed by atoms with E-state index in [0.717, 1.165) is 32.2 Å². The van der Waals surface area contributed by atoms with Gasteiger partial charge in [-0.15, -0.1) is 0 Å². The zero-order chi connectivity index (χ0) is 9.23. The molecule has 0 aliphatic carbocycles. The normalized spacial score (nSPS) is 13.2. The Bertz CT molecular complexity index is 84.6. The molecule has 74 valence electrons. The molecule has 0 radical (unpaired) electrons. The first kappa shape index (κ1) is 11.9. The predicted molar refractivity (Wildman–Crippen MR) is 50.1 cm³/mol. The summed E-state index contributed by atoms with van der Waals surface area (Å²) in [5.74, 6) is 0. The molecule has 0 heterocycles. The number of hydrogen-bond donors (Lipinski definition) is 3. The van der Waals surface area contributed by atoms with Crippen molar-refractivity contribution in [1.82, 2.24) is 5.32 Å². The summed E-state index contributed by atoms with van der Waals surface area (Å²) in [6.45, 7) is 3.51. The third-order valence-corrected chi connectivity index (χ3v) is 1.98. The van der Waals surface area contributed by atoms with Crippen molar-refractivity contribution in [3.05, 3.63) is 0 Å². The molecule has 0 aliphatic heterocycles. The lowest BCUT2D eigenvalue weighted by atomic mass is 10.2. The largest absolute Gasteiger partial charge is 0.396 e. The first-order valence-electron chi connectivity index (χ1n) is 4.80. The Balaban J connectivity index is 3.06. The summed E-state index contributed by atoms with van der Waals surface area (Å²) in [5, 5.41) is 20.6. The van der Waals surface area contributed by atoms with Crippen LogP contribution in [0.2, 0.25) is 0 Å². The summed E-state index contributed by atoms with van der Waals surface area (Å²) in [6.07, 6.45) is 4.00. The van der Waals surface area contributed by atoms with E-state index in [9.17, 15) is 0 Å². The summed E-state index contributed by atoms with van der Waals surface area (Å²) < 4.78 is 0. The van der Waals surface area contributed by atoms with Crippen molar-refractivity contribution < 1.29 is 10.2 Å². The second kappa shape index (κ2) is 8.97. The maximum Gasteiger partial charge on any atom is 0.0584 e. The Morgan fingerprint density at radius 2 is 1.92 bits per heavy atom. The van der Waals surface area contributed by atoms with E-state index < -0.39 is 0 Å². The van der Waals surface area contributed by atoms with Gasteiger partial charge in [-0.05, 0) is 32.2 Å². The van der Waals surface area contributed by atoms with Gasteiger partial charge in [-0.3, -0.25) is 0 Å². The van der Waals surface area contributed by atoms with Crippen LogP contribution in [0.25, 0.3) is 0 Å². The van der Waals surface area contributed by atoms with Crippen LogP contribution in [0.1, 0.15) is 32.6 Å². The van der Waals surface area contributed by atoms with Gasteiger partial charge in [-0.1, -0.05) is 6.92 Å². The van der Waals surface area contributed by atoms with Crippen LogP contribution in [-0.2, 0) is 0 Å². The van der Waals surface area contributed by atoms with Crippen molar-refractivity contribution in [1.29, 1.82) is 0 Å². The zero-order valence-electron chi connectivity index (χ0n) is 7.92. The van der Waals surface area contributed by atoms with E-state index in [4.69, 9.17) is 10.2 Å². The molecular formula is C9H21NO2. The van der Waals surface area contributed by atoms with Crippen molar-refractivity contribution in [2.45, 2.75) is 38.6 Å². The molecule has 0 aromatic rings. The highest BCUT2D eigenvalue weighted by Crippen LogP contribution is 1.94.